The second kappa shape index (κ2) is 5.11. The first-order valence-electron chi connectivity index (χ1n) is 6.01. The van der Waals surface area contributed by atoms with Crippen LogP contribution in [0.15, 0.2) is 36.4 Å². The van der Waals surface area contributed by atoms with Crippen LogP contribution in [0.1, 0.15) is 38.2 Å². The summed E-state index contributed by atoms with van der Waals surface area (Å²) < 4.78 is 0. The Morgan fingerprint density at radius 1 is 1.31 bits per heavy atom. The Balaban J connectivity index is 2.09. The topological polar surface area (TPSA) is 17.1 Å². The quantitative estimate of drug-likeness (QED) is 0.730. The molecular weight excluding hydrogens is 196 g/mol. The number of carbonyl (C=O) groups is 1. The monoisotopic (exact) mass is 214 g/mol. The third kappa shape index (κ3) is 2.82. The SMILES string of the molecule is C/C(=C/C1CCCC(=O)C1)c1ccccc1. The van der Waals surface area contributed by atoms with Crippen LogP contribution < -0.4 is 0 Å². The molecule has 0 heterocycles. The van der Waals surface area contributed by atoms with E-state index in [9.17, 15) is 4.79 Å². The van der Waals surface area contributed by atoms with Crippen LogP contribution in [0.5, 0.6) is 0 Å². The van der Waals surface area contributed by atoms with Gasteiger partial charge in [0.05, 0.1) is 0 Å². The Labute approximate surface area is 97.2 Å². The second-order valence-corrected chi connectivity index (χ2v) is 4.61. The molecule has 0 amide bonds. The highest BCUT2D eigenvalue weighted by Gasteiger charge is 2.17. The molecule has 0 spiro atoms. The van der Waals surface area contributed by atoms with E-state index in [4.69, 9.17) is 0 Å². The average molecular weight is 214 g/mol. The summed E-state index contributed by atoms with van der Waals surface area (Å²) >= 11 is 0. The van der Waals surface area contributed by atoms with Gasteiger partial charge in [0.25, 0.3) is 0 Å². The zero-order valence-electron chi connectivity index (χ0n) is 9.78. The molecule has 0 bridgehead atoms. The number of benzene rings is 1. The van der Waals surface area contributed by atoms with E-state index >= 15 is 0 Å². The van der Waals surface area contributed by atoms with Gasteiger partial charge < -0.3 is 0 Å². The lowest BCUT2D eigenvalue weighted by molar-refractivity contribution is -0.121. The highest BCUT2D eigenvalue weighted by Crippen LogP contribution is 2.26. The van der Waals surface area contributed by atoms with Crippen LogP contribution in [-0.4, -0.2) is 5.78 Å². The minimum Gasteiger partial charge on any atom is -0.300 e. The number of hydrogen-bond acceptors (Lipinski definition) is 1. The fourth-order valence-corrected chi connectivity index (χ4v) is 2.35. The molecule has 84 valence electrons. The average Bonchev–Trinajstić information content (AvgIpc) is 2.30. The molecule has 1 nitrogen and oxygen atoms in total. The molecule has 1 aliphatic carbocycles. The van der Waals surface area contributed by atoms with Crippen LogP contribution >= 0.6 is 0 Å². The third-order valence-electron chi connectivity index (χ3n) is 3.24. The number of allylic oxidation sites excluding steroid dienone is 2. The molecule has 1 aromatic carbocycles. The number of carbonyl (C=O) groups excluding carboxylic acids is 1. The molecule has 1 heteroatoms. The van der Waals surface area contributed by atoms with Gasteiger partial charge in [-0.15, -0.1) is 0 Å². The normalized spacial score (nSPS) is 22.2. The van der Waals surface area contributed by atoms with E-state index in [0.717, 1.165) is 25.7 Å². The summed E-state index contributed by atoms with van der Waals surface area (Å²) in [5, 5.41) is 0. The van der Waals surface area contributed by atoms with Crippen molar-refractivity contribution in [1.82, 2.24) is 0 Å². The molecule has 0 radical (unpaired) electrons. The molecule has 0 saturated heterocycles. The van der Waals surface area contributed by atoms with Crippen LogP contribution in [0.3, 0.4) is 0 Å². The second-order valence-electron chi connectivity index (χ2n) is 4.61. The summed E-state index contributed by atoms with van der Waals surface area (Å²) in [4.78, 5) is 11.4. The minimum atomic E-state index is 0.424. The maximum Gasteiger partial charge on any atom is 0.133 e. The van der Waals surface area contributed by atoms with Crippen molar-refractivity contribution in [2.24, 2.45) is 5.92 Å². The minimum absolute atomic E-state index is 0.424. The maximum absolute atomic E-state index is 11.4. The lowest BCUT2D eigenvalue weighted by Gasteiger charge is -2.18. The van der Waals surface area contributed by atoms with Crippen LogP contribution in [0, 0.1) is 5.92 Å². The van der Waals surface area contributed by atoms with Crippen LogP contribution in [0.2, 0.25) is 0 Å². The Hall–Kier alpha value is -1.37. The molecule has 1 saturated carbocycles. The van der Waals surface area contributed by atoms with E-state index < -0.39 is 0 Å². The van der Waals surface area contributed by atoms with Crippen molar-refractivity contribution in [3.8, 4) is 0 Å². The van der Waals surface area contributed by atoms with Crippen molar-refractivity contribution in [3.63, 3.8) is 0 Å². The van der Waals surface area contributed by atoms with Crippen molar-refractivity contribution in [2.75, 3.05) is 0 Å². The summed E-state index contributed by atoms with van der Waals surface area (Å²) in [5.41, 5.74) is 2.56. The Morgan fingerprint density at radius 2 is 2.06 bits per heavy atom. The van der Waals surface area contributed by atoms with E-state index in [1.165, 1.54) is 11.1 Å². The molecule has 1 aliphatic rings. The first kappa shape index (κ1) is 11.1. The van der Waals surface area contributed by atoms with Gasteiger partial charge in [-0.05, 0) is 36.8 Å². The molecule has 0 N–H and O–H groups in total. The molecule has 1 fully saturated rings. The number of hydrogen-bond donors (Lipinski definition) is 0. The standard InChI is InChI=1S/C15H18O/c1-12(14-7-3-2-4-8-14)10-13-6-5-9-15(16)11-13/h2-4,7-8,10,13H,5-6,9,11H2,1H3/b12-10-. The molecule has 0 aromatic heterocycles. The van der Waals surface area contributed by atoms with Crippen LogP contribution in [0.4, 0.5) is 0 Å². The first-order valence-corrected chi connectivity index (χ1v) is 6.01. The van der Waals surface area contributed by atoms with E-state index in [1.807, 2.05) is 6.07 Å². The summed E-state index contributed by atoms with van der Waals surface area (Å²) in [6, 6.07) is 10.4. The number of ketones is 1. The lowest BCUT2D eigenvalue weighted by Crippen LogP contribution is -2.13. The lowest BCUT2D eigenvalue weighted by atomic mass is 9.86. The van der Waals surface area contributed by atoms with Crippen molar-refractivity contribution in [1.29, 1.82) is 0 Å². The molecule has 0 aliphatic heterocycles. The van der Waals surface area contributed by atoms with Crippen molar-refractivity contribution >= 4 is 11.4 Å². The number of Topliss-reactive ketones (excluding diaryl/α,β-unsaturated/α-hetero) is 1. The van der Waals surface area contributed by atoms with Gasteiger partial charge in [0.15, 0.2) is 0 Å². The van der Waals surface area contributed by atoms with Crippen LogP contribution in [-0.2, 0) is 4.79 Å². The summed E-state index contributed by atoms with van der Waals surface area (Å²) in [7, 11) is 0. The van der Waals surface area contributed by atoms with Gasteiger partial charge in [-0.2, -0.15) is 0 Å². The van der Waals surface area contributed by atoms with Gasteiger partial charge in [0.2, 0.25) is 0 Å². The predicted octanol–water partition coefficient (Wildman–Crippen LogP) is 3.85. The zero-order valence-corrected chi connectivity index (χ0v) is 9.78. The molecular formula is C15H18O. The molecule has 1 aromatic rings. The number of rotatable bonds is 2. The fourth-order valence-electron chi connectivity index (χ4n) is 2.35. The van der Waals surface area contributed by atoms with E-state index in [0.29, 0.717) is 11.7 Å². The van der Waals surface area contributed by atoms with Gasteiger partial charge in [-0.1, -0.05) is 36.4 Å². The third-order valence-corrected chi connectivity index (χ3v) is 3.24. The Bertz CT molecular complexity index is 389. The summed E-state index contributed by atoms with van der Waals surface area (Å²) in [6.45, 7) is 2.13. The highest BCUT2D eigenvalue weighted by molar-refractivity contribution is 5.80. The molecule has 16 heavy (non-hydrogen) atoms. The largest absolute Gasteiger partial charge is 0.300 e. The zero-order chi connectivity index (χ0) is 11.4. The smallest absolute Gasteiger partial charge is 0.133 e. The summed E-state index contributed by atoms with van der Waals surface area (Å²) in [6.07, 6.45) is 6.02. The highest BCUT2D eigenvalue weighted by atomic mass is 16.1. The van der Waals surface area contributed by atoms with Crippen LogP contribution in [0.25, 0.3) is 5.57 Å². The van der Waals surface area contributed by atoms with Gasteiger partial charge >= 0.3 is 0 Å². The Kier molecular flexibility index (Phi) is 3.55. The molecule has 1 unspecified atom stereocenters. The van der Waals surface area contributed by atoms with Crippen molar-refractivity contribution in [2.45, 2.75) is 32.6 Å². The maximum atomic E-state index is 11.4. The molecule has 2 rings (SSSR count). The van der Waals surface area contributed by atoms with E-state index in [-0.39, 0.29) is 0 Å². The van der Waals surface area contributed by atoms with E-state index in [1.54, 1.807) is 0 Å². The summed E-state index contributed by atoms with van der Waals surface area (Å²) in [5.74, 6) is 0.884. The van der Waals surface area contributed by atoms with Crippen molar-refractivity contribution in [3.05, 3.63) is 42.0 Å². The van der Waals surface area contributed by atoms with Crippen molar-refractivity contribution < 1.29 is 4.79 Å². The van der Waals surface area contributed by atoms with E-state index in [2.05, 4.69) is 37.3 Å². The fraction of sp³-hybridized carbons (Fsp3) is 0.400. The molecule has 1 atom stereocenters. The van der Waals surface area contributed by atoms with Gasteiger partial charge in [0.1, 0.15) is 5.78 Å². The van der Waals surface area contributed by atoms with Gasteiger partial charge in [-0.3, -0.25) is 4.79 Å². The van der Waals surface area contributed by atoms with Gasteiger partial charge in [0, 0.05) is 12.8 Å². The first-order chi connectivity index (χ1) is 7.75. The van der Waals surface area contributed by atoms with Gasteiger partial charge in [-0.25, -0.2) is 0 Å². The Morgan fingerprint density at radius 3 is 2.75 bits per heavy atom. The predicted molar refractivity (Wildman–Crippen MR) is 67.1 cm³/mol.